The van der Waals surface area contributed by atoms with Crippen LogP contribution in [0.25, 0.3) is 10.6 Å². The molecule has 20 heavy (non-hydrogen) atoms. The fraction of sp³-hybridized carbons (Fsp3) is 0. The van der Waals surface area contributed by atoms with Crippen LogP contribution < -0.4 is 5.73 Å². The highest BCUT2D eigenvalue weighted by atomic mass is 35.5. The third kappa shape index (κ3) is 1.76. The predicted molar refractivity (Wildman–Crippen MR) is 81.1 cm³/mol. The van der Waals surface area contributed by atoms with Crippen LogP contribution in [0, 0.1) is 0 Å². The van der Waals surface area contributed by atoms with Crippen molar-refractivity contribution in [2.24, 2.45) is 5.73 Å². The monoisotopic (exact) mass is 325 g/mol. The van der Waals surface area contributed by atoms with Crippen molar-refractivity contribution in [2.75, 3.05) is 0 Å². The van der Waals surface area contributed by atoms with E-state index in [1.54, 1.807) is 36.4 Å². The molecule has 1 aliphatic heterocycles. The molecule has 0 aliphatic carbocycles. The van der Waals surface area contributed by atoms with Crippen LogP contribution in [0.1, 0.15) is 11.1 Å². The number of fused-ring (bicyclic) bond motifs is 1. The average Bonchev–Trinajstić information content (AvgIpc) is 2.60. The largest absolute Gasteiger partial charge is 0.397 e. The van der Waals surface area contributed by atoms with Crippen molar-refractivity contribution in [3.63, 3.8) is 0 Å². The molecule has 2 N–H and O–H groups in total. The van der Waals surface area contributed by atoms with Gasteiger partial charge < -0.3 is 5.73 Å². The molecular formula is C14H9Cl2NO2S. The van der Waals surface area contributed by atoms with Gasteiger partial charge in [0, 0.05) is 11.1 Å². The smallest absolute Gasteiger partial charge is 0.210 e. The maximum atomic E-state index is 12.6. The Morgan fingerprint density at radius 1 is 0.900 bits per heavy atom. The van der Waals surface area contributed by atoms with Gasteiger partial charge in [-0.2, -0.15) is 0 Å². The molecule has 0 aromatic heterocycles. The molecule has 102 valence electrons. The molecule has 0 bridgehead atoms. The van der Waals surface area contributed by atoms with E-state index in [0.717, 1.165) is 0 Å². The van der Waals surface area contributed by atoms with Gasteiger partial charge in [0.05, 0.1) is 20.6 Å². The Bertz CT molecular complexity index is 837. The van der Waals surface area contributed by atoms with E-state index >= 15 is 0 Å². The van der Waals surface area contributed by atoms with E-state index in [1.807, 2.05) is 0 Å². The molecule has 0 radical (unpaired) electrons. The number of sulfone groups is 1. The van der Waals surface area contributed by atoms with Crippen LogP contribution in [-0.2, 0) is 9.84 Å². The van der Waals surface area contributed by atoms with Crippen LogP contribution >= 0.6 is 23.2 Å². The molecule has 1 aliphatic rings. The highest BCUT2D eigenvalue weighted by Gasteiger charge is 2.37. The first-order chi connectivity index (χ1) is 9.44. The van der Waals surface area contributed by atoms with E-state index in [1.165, 1.54) is 6.07 Å². The Hall–Kier alpha value is -1.49. The number of hydrogen-bond donors (Lipinski definition) is 1. The van der Waals surface area contributed by atoms with E-state index in [9.17, 15) is 8.42 Å². The standard InChI is InChI=1S/C14H9Cl2NO2S/c15-9-5-3-6-10(16)12(9)14-13(17)8-4-1-2-7-11(8)20(14,18)19/h1-7H,17H2. The van der Waals surface area contributed by atoms with Gasteiger partial charge in [0.25, 0.3) is 0 Å². The van der Waals surface area contributed by atoms with Crippen LogP contribution in [0.2, 0.25) is 10.0 Å². The molecule has 0 spiro atoms. The van der Waals surface area contributed by atoms with Crippen molar-refractivity contribution in [3.8, 4) is 0 Å². The fourth-order valence-corrected chi connectivity index (χ4v) is 4.82. The molecule has 0 amide bonds. The van der Waals surface area contributed by atoms with E-state index in [4.69, 9.17) is 28.9 Å². The molecule has 3 rings (SSSR count). The molecule has 0 saturated carbocycles. The third-order valence-corrected chi connectivity index (χ3v) is 5.70. The zero-order valence-electron chi connectivity index (χ0n) is 10.1. The second-order valence-corrected chi connectivity index (χ2v) is 7.01. The zero-order valence-corrected chi connectivity index (χ0v) is 12.4. The van der Waals surface area contributed by atoms with Gasteiger partial charge in [0.1, 0.15) is 4.91 Å². The lowest BCUT2D eigenvalue weighted by molar-refractivity contribution is 0.606. The minimum Gasteiger partial charge on any atom is -0.397 e. The second kappa shape index (κ2) is 4.52. The van der Waals surface area contributed by atoms with Crippen LogP contribution in [0.5, 0.6) is 0 Å². The molecule has 0 saturated heterocycles. The summed E-state index contributed by atoms with van der Waals surface area (Å²) in [5.74, 6) is 0. The first-order valence-electron chi connectivity index (χ1n) is 5.73. The summed E-state index contributed by atoms with van der Waals surface area (Å²) in [6, 6.07) is 11.4. The molecule has 1 heterocycles. The van der Waals surface area contributed by atoms with Crippen LogP contribution in [-0.4, -0.2) is 8.42 Å². The number of halogens is 2. The molecule has 6 heteroatoms. The summed E-state index contributed by atoms with van der Waals surface area (Å²) in [5, 5.41) is 0.513. The van der Waals surface area contributed by atoms with Gasteiger partial charge in [-0.25, -0.2) is 8.42 Å². The lowest BCUT2D eigenvalue weighted by atomic mass is 10.1. The zero-order chi connectivity index (χ0) is 14.5. The van der Waals surface area contributed by atoms with E-state index < -0.39 is 9.84 Å². The Morgan fingerprint density at radius 2 is 1.50 bits per heavy atom. The Labute approximate surface area is 126 Å². The fourth-order valence-electron chi connectivity index (χ4n) is 2.28. The Kier molecular flexibility index (Phi) is 3.05. The van der Waals surface area contributed by atoms with Crippen LogP contribution in [0.3, 0.4) is 0 Å². The molecular weight excluding hydrogens is 317 g/mol. The first kappa shape index (κ1) is 13.5. The Morgan fingerprint density at radius 3 is 2.10 bits per heavy atom. The predicted octanol–water partition coefficient (Wildman–Crippen LogP) is 3.57. The highest BCUT2D eigenvalue weighted by Crippen LogP contribution is 2.45. The highest BCUT2D eigenvalue weighted by molar-refractivity contribution is 8.01. The molecule has 0 atom stereocenters. The minimum absolute atomic E-state index is 0.0192. The van der Waals surface area contributed by atoms with Crippen molar-refractivity contribution in [1.29, 1.82) is 0 Å². The normalized spacial score (nSPS) is 16.3. The van der Waals surface area contributed by atoms with Gasteiger partial charge in [-0.3, -0.25) is 0 Å². The number of benzene rings is 2. The van der Waals surface area contributed by atoms with Crippen LogP contribution in [0.4, 0.5) is 0 Å². The summed E-state index contributed by atoms with van der Waals surface area (Å²) in [5.41, 5.74) is 6.93. The van der Waals surface area contributed by atoms with Crippen molar-refractivity contribution in [3.05, 3.63) is 63.6 Å². The topological polar surface area (TPSA) is 60.2 Å². The van der Waals surface area contributed by atoms with Crippen molar-refractivity contribution in [2.45, 2.75) is 4.90 Å². The van der Waals surface area contributed by atoms with Gasteiger partial charge in [0.2, 0.25) is 9.84 Å². The van der Waals surface area contributed by atoms with Gasteiger partial charge in [-0.15, -0.1) is 0 Å². The summed E-state index contributed by atoms with van der Waals surface area (Å²) >= 11 is 12.2. The number of hydrogen-bond acceptors (Lipinski definition) is 3. The number of nitrogens with two attached hydrogens (primary N) is 1. The van der Waals surface area contributed by atoms with Gasteiger partial charge in [-0.05, 0) is 18.2 Å². The van der Waals surface area contributed by atoms with Crippen molar-refractivity contribution < 1.29 is 8.42 Å². The van der Waals surface area contributed by atoms with Gasteiger partial charge >= 0.3 is 0 Å². The SMILES string of the molecule is NC1=C(c2c(Cl)cccc2Cl)S(=O)(=O)c2ccccc21. The summed E-state index contributed by atoms with van der Waals surface area (Å²) in [4.78, 5) is 0.165. The van der Waals surface area contributed by atoms with Gasteiger partial charge in [-0.1, -0.05) is 47.5 Å². The quantitative estimate of drug-likeness (QED) is 0.871. The third-order valence-electron chi connectivity index (χ3n) is 3.17. The maximum absolute atomic E-state index is 12.6. The maximum Gasteiger partial charge on any atom is 0.210 e. The lowest BCUT2D eigenvalue weighted by Gasteiger charge is -2.09. The first-order valence-corrected chi connectivity index (χ1v) is 7.97. The lowest BCUT2D eigenvalue weighted by Crippen LogP contribution is -2.03. The molecule has 0 unspecified atom stereocenters. The molecule has 2 aromatic carbocycles. The minimum atomic E-state index is -3.71. The molecule has 3 nitrogen and oxygen atoms in total. The molecule has 2 aromatic rings. The second-order valence-electron chi connectivity index (χ2n) is 4.34. The van der Waals surface area contributed by atoms with Crippen molar-refractivity contribution in [1.82, 2.24) is 0 Å². The van der Waals surface area contributed by atoms with Crippen molar-refractivity contribution >= 4 is 43.6 Å². The summed E-state index contributed by atoms with van der Waals surface area (Å²) in [7, 11) is -3.71. The van der Waals surface area contributed by atoms with Crippen LogP contribution in [0.15, 0.2) is 47.4 Å². The van der Waals surface area contributed by atoms with Gasteiger partial charge in [0.15, 0.2) is 0 Å². The van der Waals surface area contributed by atoms with E-state index in [-0.39, 0.29) is 31.1 Å². The summed E-state index contributed by atoms with van der Waals surface area (Å²) in [6.07, 6.45) is 0. The number of rotatable bonds is 1. The Balaban J connectivity index is 2.40. The van der Waals surface area contributed by atoms with E-state index in [2.05, 4.69) is 0 Å². The van der Waals surface area contributed by atoms with E-state index in [0.29, 0.717) is 5.56 Å². The summed E-state index contributed by atoms with van der Waals surface area (Å²) in [6.45, 7) is 0. The molecule has 0 fully saturated rings. The summed E-state index contributed by atoms with van der Waals surface area (Å²) < 4.78 is 25.3. The average molecular weight is 326 g/mol.